The highest BCUT2D eigenvalue weighted by atomic mass is 16.3. The fraction of sp³-hybridized carbons (Fsp3) is 0. The number of nitrogens with zero attached hydrogens (tertiary/aromatic N) is 4. The molecule has 0 fully saturated rings. The van der Waals surface area contributed by atoms with Gasteiger partial charge in [0.25, 0.3) is 0 Å². The van der Waals surface area contributed by atoms with Crippen LogP contribution < -0.4 is 0 Å². The van der Waals surface area contributed by atoms with Gasteiger partial charge >= 0.3 is 0 Å². The van der Waals surface area contributed by atoms with Gasteiger partial charge in [-0.3, -0.25) is 0 Å². The number of benzene rings is 9. The van der Waals surface area contributed by atoms with E-state index in [1.807, 2.05) is 66.7 Å². The minimum absolute atomic E-state index is 0.571. The van der Waals surface area contributed by atoms with E-state index in [4.69, 9.17) is 23.8 Å². The van der Waals surface area contributed by atoms with Crippen molar-refractivity contribution in [3.05, 3.63) is 206 Å². The molecule has 6 heteroatoms. The summed E-state index contributed by atoms with van der Waals surface area (Å²) < 4.78 is 16.3. The van der Waals surface area contributed by atoms with Gasteiger partial charge in [0.2, 0.25) is 0 Å². The van der Waals surface area contributed by atoms with E-state index in [-0.39, 0.29) is 0 Å². The van der Waals surface area contributed by atoms with E-state index in [1.54, 1.807) is 0 Å². The summed E-state index contributed by atoms with van der Waals surface area (Å²) in [6.45, 7) is 0. The Kier molecular flexibility index (Phi) is 7.80. The van der Waals surface area contributed by atoms with Crippen molar-refractivity contribution in [3.63, 3.8) is 0 Å². The molecule has 13 aromatic rings. The molecular weight excluding hydrogens is 773 g/mol. The van der Waals surface area contributed by atoms with Gasteiger partial charge in [-0.25, -0.2) is 15.0 Å². The molecule has 0 aliphatic rings. The van der Waals surface area contributed by atoms with Crippen LogP contribution in [0, 0.1) is 0 Å². The van der Waals surface area contributed by atoms with Crippen molar-refractivity contribution >= 4 is 65.7 Å². The summed E-state index contributed by atoms with van der Waals surface area (Å²) in [5, 5.41) is 6.51. The molecule has 63 heavy (non-hydrogen) atoms. The first-order chi connectivity index (χ1) is 31.2. The Morgan fingerprint density at radius 3 is 1.63 bits per heavy atom. The van der Waals surface area contributed by atoms with E-state index < -0.39 is 0 Å². The summed E-state index contributed by atoms with van der Waals surface area (Å²) in [5.74, 6) is 1.78. The van der Waals surface area contributed by atoms with Gasteiger partial charge < -0.3 is 13.4 Å². The fourth-order valence-corrected chi connectivity index (χ4v) is 9.39. The molecule has 0 atom stereocenters. The first-order valence-electron chi connectivity index (χ1n) is 21.1. The zero-order valence-electron chi connectivity index (χ0n) is 33.7. The second-order valence-electron chi connectivity index (χ2n) is 15.9. The average molecular weight is 807 g/mol. The highest BCUT2D eigenvalue weighted by Gasteiger charge is 2.24. The van der Waals surface area contributed by atoms with E-state index in [2.05, 4.69) is 144 Å². The van der Waals surface area contributed by atoms with Crippen LogP contribution in [-0.2, 0) is 0 Å². The number of hydrogen-bond acceptors (Lipinski definition) is 5. The smallest absolute Gasteiger partial charge is 0.164 e. The second-order valence-corrected chi connectivity index (χ2v) is 15.9. The Hall–Kier alpha value is -8.61. The summed E-state index contributed by atoms with van der Waals surface area (Å²) >= 11 is 0. The first-order valence-corrected chi connectivity index (χ1v) is 21.1. The summed E-state index contributed by atoms with van der Waals surface area (Å²) in [6, 6.07) is 71.3. The number of furan rings is 2. The number of para-hydroxylation sites is 3. The fourth-order valence-electron chi connectivity index (χ4n) is 9.39. The molecule has 4 heterocycles. The molecule has 0 saturated carbocycles. The van der Waals surface area contributed by atoms with Crippen LogP contribution in [0.5, 0.6) is 0 Å². The molecule has 0 aliphatic carbocycles. The lowest BCUT2D eigenvalue weighted by molar-refractivity contribution is 0.670. The second kappa shape index (κ2) is 14.0. The van der Waals surface area contributed by atoms with Gasteiger partial charge in [0, 0.05) is 65.8 Å². The Labute approximate surface area is 361 Å². The maximum atomic E-state index is 7.15. The number of rotatable bonds is 6. The molecule has 6 nitrogen and oxygen atoms in total. The molecule has 0 radical (unpaired) electrons. The lowest BCUT2D eigenvalue weighted by Gasteiger charge is -2.12. The van der Waals surface area contributed by atoms with Gasteiger partial charge in [-0.15, -0.1) is 0 Å². The summed E-state index contributed by atoms with van der Waals surface area (Å²) in [4.78, 5) is 15.2. The summed E-state index contributed by atoms with van der Waals surface area (Å²) in [7, 11) is 0. The molecule has 0 N–H and O–H groups in total. The predicted octanol–water partition coefficient (Wildman–Crippen LogP) is 15.1. The Balaban J connectivity index is 1.02. The lowest BCUT2D eigenvalue weighted by atomic mass is 9.95. The van der Waals surface area contributed by atoms with Gasteiger partial charge in [-0.1, -0.05) is 158 Å². The molecule has 0 unspecified atom stereocenters. The normalized spacial score (nSPS) is 11.8. The Morgan fingerprint density at radius 2 is 0.905 bits per heavy atom. The molecule has 0 aliphatic heterocycles. The standard InChI is InChI=1S/C57H34N4O2/c1-5-16-35(17-6-1)50-46(57-59-55(36-18-7-2-8-19-36)58-56(60-57)37-20-9-3-10-21-37)32-31-44-43-26-15-25-40(52(43)63-53(44)50)38-28-33-49-47(34-38)45-30-29-42-41-24-13-14-27-48(41)61(51(42)54(45)62-49)39-22-11-4-12-23-39/h1-34H. The van der Waals surface area contributed by atoms with Crippen LogP contribution in [0.1, 0.15) is 0 Å². The third-order valence-electron chi connectivity index (χ3n) is 12.3. The van der Waals surface area contributed by atoms with Crippen molar-refractivity contribution in [1.29, 1.82) is 0 Å². The van der Waals surface area contributed by atoms with Crippen molar-refractivity contribution < 1.29 is 8.83 Å². The minimum Gasteiger partial charge on any atom is -0.455 e. The summed E-state index contributed by atoms with van der Waals surface area (Å²) in [5.41, 5.74) is 13.2. The van der Waals surface area contributed by atoms with Crippen molar-refractivity contribution in [1.82, 2.24) is 19.5 Å². The molecular formula is C57H34N4O2. The monoisotopic (exact) mass is 806 g/mol. The van der Waals surface area contributed by atoms with Crippen LogP contribution in [0.4, 0.5) is 0 Å². The summed E-state index contributed by atoms with van der Waals surface area (Å²) in [6.07, 6.45) is 0. The Morgan fingerprint density at radius 1 is 0.333 bits per heavy atom. The molecule has 13 rings (SSSR count). The highest BCUT2D eigenvalue weighted by Crippen LogP contribution is 2.46. The molecule has 0 amide bonds. The van der Waals surface area contributed by atoms with Crippen LogP contribution in [0.15, 0.2) is 215 Å². The predicted molar refractivity (Wildman–Crippen MR) is 256 cm³/mol. The van der Waals surface area contributed by atoms with Crippen molar-refractivity contribution in [3.8, 4) is 62.1 Å². The lowest BCUT2D eigenvalue weighted by Crippen LogP contribution is -2.01. The number of aromatic nitrogens is 4. The van der Waals surface area contributed by atoms with E-state index in [0.717, 1.165) is 105 Å². The van der Waals surface area contributed by atoms with Gasteiger partial charge in [0.1, 0.15) is 16.7 Å². The van der Waals surface area contributed by atoms with Crippen molar-refractivity contribution in [2.45, 2.75) is 0 Å². The quantitative estimate of drug-likeness (QED) is 0.167. The molecule has 0 saturated heterocycles. The van der Waals surface area contributed by atoms with Crippen LogP contribution in [0.2, 0.25) is 0 Å². The third-order valence-corrected chi connectivity index (χ3v) is 12.3. The minimum atomic E-state index is 0.571. The molecule has 0 bridgehead atoms. The van der Waals surface area contributed by atoms with Crippen LogP contribution in [0.25, 0.3) is 128 Å². The number of fused-ring (bicyclic) bond motifs is 10. The zero-order valence-corrected chi connectivity index (χ0v) is 33.7. The van der Waals surface area contributed by atoms with Crippen LogP contribution >= 0.6 is 0 Å². The maximum Gasteiger partial charge on any atom is 0.164 e. The largest absolute Gasteiger partial charge is 0.455 e. The highest BCUT2D eigenvalue weighted by molar-refractivity contribution is 6.22. The molecule has 4 aromatic heterocycles. The van der Waals surface area contributed by atoms with Crippen LogP contribution in [0.3, 0.4) is 0 Å². The van der Waals surface area contributed by atoms with E-state index >= 15 is 0 Å². The molecule has 294 valence electrons. The number of hydrogen-bond donors (Lipinski definition) is 0. The van der Waals surface area contributed by atoms with Gasteiger partial charge in [0.15, 0.2) is 23.1 Å². The van der Waals surface area contributed by atoms with Crippen LogP contribution in [-0.4, -0.2) is 19.5 Å². The van der Waals surface area contributed by atoms with Gasteiger partial charge in [-0.2, -0.15) is 0 Å². The maximum absolute atomic E-state index is 7.15. The topological polar surface area (TPSA) is 69.9 Å². The Bertz CT molecular complexity index is 3830. The molecule has 0 spiro atoms. The van der Waals surface area contributed by atoms with Crippen molar-refractivity contribution in [2.24, 2.45) is 0 Å². The third kappa shape index (κ3) is 5.55. The average Bonchev–Trinajstić information content (AvgIpc) is 4.04. The van der Waals surface area contributed by atoms with E-state index in [9.17, 15) is 0 Å². The van der Waals surface area contributed by atoms with E-state index in [0.29, 0.717) is 17.5 Å². The molecule has 9 aromatic carbocycles. The van der Waals surface area contributed by atoms with E-state index in [1.165, 1.54) is 5.39 Å². The van der Waals surface area contributed by atoms with Gasteiger partial charge in [0.05, 0.1) is 11.0 Å². The SMILES string of the molecule is c1ccc(-c2nc(-c3ccccc3)nc(-c3ccc4c(oc5c(-c6ccc7oc8c(ccc9c%10ccccc%10n(-c%10ccccc%10)c98)c7c6)cccc54)c3-c3ccccc3)n2)cc1. The van der Waals surface area contributed by atoms with Crippen molar-refractivity contribution in [2.75, 3.05) is 0 Å². The van der Waals surface area contributed by atoms with Gasteiger partial charge in [-0.05, 0) is 59.7 Å². The first kappa shape index (κ1) is 35.2. The zero-order chi connectivity index (χ0) is 41.4.